The van der Waals surface area contributed by atoms with E-state index in [1.54, 1.807) is 7.11 Å². The zero-order chi connectivity index (χ0) is 11.5. The summed E-state index contributed by atoms with van der Waals surface area (Å²) >= 11 is 0. The summed E-state index contributed by atoms with van der Waals surface area (Å²) in [4.78, 5) is 0. The zero-order valence-corrected chi connectivity index (χ0v) is 9.49. The van der Waals surface area contributed by atoms with Crippen molar-refractivity contribution in [1.29, 1.82) is 0 Å². The van der Waals surface area contributed by atoms with E-state index in [0.717, 1.165) is 28.3 Å². The molecule has 3 heteroatoms. The van der Waals surface area contributed by atoms with Gasteiger partial charge in [0.1, 0.15) is 18.1 Å². The van der Waals surface area contributed by atoms with Crippen molar-refractivity contribution in [3.63, 3.8) is 0 Å². The lowest BCUT2D eigenvalue weighted by Gasteiger charge is -2.03. The molecule has 0 fully saturated rings. The highest BCUT2D eigenvalue weighted by Gasteiger charge is 2.07. The van der Waals surface area contributed by atoms with Crippen molar-refractivity contribution < 1.29 is 9.15 Å². The van der Waals surface area contributed by atoms with Gasteiger partial charge in [-0.15, -0.1) is 0 Å². The smallest absolute Gasteiger partial charge is 0.134 e. The number of ether oxygens (including phenoxy) is 1. The van der Waals surface area contributed by atoms with Crippen LogP contribution in [-0.2, 0) is 11.3 Å². The molecule has 2 N–H and O–H groups in total. The number of benzene rings is 1. The molecule has 0 spiro atoms. The van der Waals surface area contributed by atoms with E-state index in [-0.39, 0.29) is 0 Å². The van der Waals surface area contributed by atoms with Crippen LogP contribution in [0.25, 0.3) is 11.3 Å². The van der Waals surface area contributed by atoms with Crippen LogP contribution in [0.2, 0.25) is 0 Å². The van der Waals surface area contributed by atoms with E-state index in [1.165, 1.54) is 0 Å². The summed E-state index contributed by atoms with van der Waals surface area (Å²) < 4.78 is 10.7. The number of furan rings is 1. The molecule has 1 aromatic carbocycles. The molecule has 2 rings (SSSR count). The Bertz CT molecular complexity index is 488. The van der Waals surface area contributed by atoms with Crippen LogP contribution < -0.4 is 5.73 Å². The third-order valence-corrected chi connectivity index (χ3v) is 2.48. The summed E-state index contributed by atoms with van der Waals surface area (Å²) in [6.45, 7) is 2.52. The van der Waals surface area contributed by atoms with Gasteiger partial charge in [-0.3, -0.25) is 0 Å². The highest BCUT2D eigenvalue weighted by atomic mass is 16.5. The van der Waals surface area contributed by atoms with Gasteiger partial charge in [-0.25, -0.2) is 0 Å². The van der Waals surface area contributed by atoms with Gasteiger partial charge < -0.3 is 14.9 Å². The minimum absolute atomic E-state index is 0.487. The first-order chi connectivity index (χ1) is 7.70. The largest absolute Gasteiger partial charge is 0.459 e. The number of anilines is 1. The molecule has 2 aromatic rings. The van der Waals surface area contributed by atoms with E-state index in [1.807, 2.05) is 37.3 Å². The van der Waals surface area contributed by atoms with E-state index in [9.17, 15) is 0 Å². The van der Waals surface area contributed by atoms with Crippen molar-refractivity contribution >= 4 is 5.69 Å². The van der Waals surface area contributed by atoms with Crippen LogP contribution in [0.4, 0.5) is 5.69 Å². The molecule has 0 saturated carbocycles. The van der Waals surface area contributed by atoms with Crippen molar-refractivity contribution in [2.24, 2.45) is 0 Å². The average molecular weight is 217 g/mol. The van der Waals surface area contributed by atoms with Crippen LogP contribution in [0, 0.1) is 6.92 Å². The molecule has 0 bridgehead atoms. The third-order valence-electron chi connectivity index (χ3n) is 2.48. The summed E-state index contributed by atoms with van der Waals surface area (Å²) in [5.41, 5.74) is 8.68. The molecular formula is C13H15NO2. The molecule has 0 unspecified atom stereocenters. The van der Waals surface area contributed by atoms with Crippen molar-refractivity contribution in [2.75, 3.05) is 12.8 Å². The Kier molecular flexibility index (Phi) is 2.97. The van der Waals surface area contributed by atoms with Crippen molar-refractivity contribution in [3.05, 3.63) is 41.7 Å². The second kappa shape index (κ2) is 4.41. The number of hydrogen-bond donors (Lipinski definition) is 1. The number of rotatable bonds is 3. The van der Waals surface area contributed by atoms with Crippen molar-refractivity contribution in [1.82, 2.24) is 0 Å². The molecule has 84 valence electrons. The summed E-state index contributed by atoms with van der Waals surface area (Å²) in [7, 11) is 1.65. The molecule has 1 aromatic heterocycles. The van der Waals surface area contributed by atoms with Gasteiger partial charge >= 0.3 is 0 Å². The Balaban J connectivity index is 2.38. The van der Waals surface area contributed by atoms with Gasteiger partial charge in [-0.05, 0) is 36.8 Å². The fourth-order valence-corrected chi connectivity index (χ4v) is 1.65. The van der Waals surface area contributed by atoms with E-state index >= 15 is 0 Å². The summed E-state index contributed by atoms with van der Waals surface area (Å²) in [5.74, 6) is 1.65. The molecule has 3 nitrogen and oxygen atoms in total. The van der Waals surface area contributed by atoms with Crippen LogP contribution in [0.15, 0.2) is 34.7 Å². The highest BCUT2D eigenvalue weighted by molar-refractivity contribution is 5.66. The van der Waals surface area contributed by atoms with E-state index in [0.29, 0.717) is 6.61 Å². The Morgan fingerprint density at radius 2 is 2.06 bits per heavy atom. The molecular weight excluding hydrogens is 202 g/mol. The van der Waals surface area contributed by atoms with Gasteiger partial charge in [-0.2, -0.15) is 0 Å². The first kappa shape index (κ1) is 10.8. The monoisotopic (exact) mass is 217 g/mol. The number of methoxy groups -OCH3 is 1. The maximum absolute atomic E-state index is 5.76. The second-order valence-corrected chi connectivity index (χ2v) is 3.77. The quantitative estimate of drug-likeness (QED) is 0.804. The van der Waals surface area contributed by atoms with E-state index in [2.05, 4.69) is 0 Å². The molecule has 1 heterocycles. The predicted molar refractivity (Wildman–Crippen MR) is 64.0 cm³/mol. The molecule has 0 amide bonds. The molecule has 0 aliphatic carbocycles. The molecule has 0 atom stereocenters. The Hall–Kier alpha value is -1.74. The molecule has 16 heavy (non-hydrogen) atoms. The predicted octanol–water partition coefficient (Wildman–Crippen LogP) is 2.98. The Labute approximate surface area is 94.8 Å². The highest BCUT2D eigenvalue weighted by Crippen LogP contribution is 2.27. The van der Waals surface area contributed by atoms with Gasteiger partial charge in [0.15, 0.2) is 0 Å². The number of aryl methyl sites for hydroxylation is 1. The first-order valence-electron chi connectivity index (χ1n) is 5.15. The summed E-state index contributed by atoms with van der Waals surface area (Å²) in [6, 6.07) is 9.66. The Morgan fingerprint density at radius 3 is 2.81 bits per heavy atom. The fourth-order valence-electron chi connectivity index (χ4n) is 1.65. The third kappa shape index (κ3) is 2.09. The first-order valence-corrected chi connectivity index (χ1v) is 5.15. The standard InChI is InChI=1S/C13H15NO2/c1-9-3-4-10(14)7-12(9)13-6-5-11(16-13)8-15-2/h3-7H,8,14H2,1-2H3. The van der Waals surface area contributed by atoms with E-state index in [4.69, 9.17) is 14.9 Å². The van der Waals surface area contributed by atoms with Crippen LogP contribution >= 0.6 is 0 Å². The van der Waals surface area contributed by atoms with Crippen LogP contribution in [-0.4, -0.2) is 7.11 Å². The zero-order valence-electron chi connectivity index (χ0n) is 9.49. The lowest BCUT2D eigenvalue weighted by Crippen LogP contribution is -1.88. The molecule has 0 aliphatic heterocycles. The maximum atomic E-state index is 5.76. The molecule has 0 saturated heterocycles. The van der Waals surface area contributed by atoms with E-state index < -0.39 is 0 Å². The maximum Gasteiger partial charge on any atom is 0.134 e. The Morgan fingerprint density at radius 1 is 1.25 bits per heavy atom. The minimum Gasteiger partial charge on any atom is -0.459 e. The van der Waals surface area contributed by atoms with Crippen LogP contribution in [0.5, 0.6) is 0 Å². The van der Waals surface area contributed by atoms with Crippen LogP contribution in [0.3, 0.4) is 0 Å². The average Bonchev–Trinajstić information content (AvgIpc) is 2.71. The fraction of sp³-hybridized carbons (Fsp3) is 0.231. The SMILES string of the molecule is COCc1ccc(-c2cc(N)ccc2C)o1. The van der Waals surface area contributed by atoms with Crippen LogP contribution in [0.1, 0.15) is 11.3 Å². The second-order valence-electron chi connectivity index (χ2n) is 3.77. The summed E-state index contributed by atoms with van der Waals surface area (Å²) in [6.07, 6.45) is 0. The van der Waals surface area contributed by atoms with Gasteiger partial charge in [-0.1, -0.05) is 6.07 Å². The lowest BCUT2D eigenvalue weighted by molar-refractivity contribution is 0.165. The topological polar surface area (TPSA) is 48.4 Å². The number of nitrogen functional groups attached to an aromatic ring is 1. The summed E-state index contributed by atoms with van der Waals surface area (Å²) in [5, 5.41) is 0. The van der Waals surface area contributed by atoms with Gasteiger partial charge in [0.25, 0.3) is 0 Å². The van der Waals surface area contributed by atoms with Gasteiger partial charge in [0.2, 0.25) is 0 Å². The molecule has 0 aliphatic rings. The minimum atomic E-state index is 0.487. The molecule has 0 radical (unpaired) electrons. The normalized spacial score (nSPS) is 10.6. The van der Waals surface area contributed by atoms with Gasteiger partial charge in [0, 0.05) is 18.4 Å². The van der Waals surface area contributed by atoms with Crippen molar-refractivity contribution in [3.8, 4) is 11.3 Å². The number of nitrogens with two attached hydrogens (primary N) is 1. The van der Waals surface area contributed by atoms with Gasteiger partial charge in [0.05, 0.1) is 0 Å². The lowest BCUT2D eigenvalue weighted by atomic mass is 10.1. The van der Waals surface area contributed by atoms with Crippen molar-refractivity contribution in [2.45, 2.75) is 13.5 Å². The number of hydrogen-bond acceptors (Lipinski definition) is 3.